The molecule has 1 atom stereocenters. The topological polar surface area (TPSA) is 63.4 Å². The Bertz CT molecular complexity index is 730. The standard InChI is InChI=1S/C15H17N5O/c21-14(11-4-5-12-16-17-18-20(12)8-11)19-9-15(6-1-7-15)13(19)10-2-3-10/h4-5,8,10,13H,1-3,6-7,9H2. The number of aromatic nitrogens is 4. The monoisotopic (exact) mass is 283 g/mol. The molecule has 2 aliphatic carbocycles. The molecule has 1 spiro atoms. The number of fused-ring (bicyclic) bond motifs is 1. The van der Waals surface area contributed by atoms with E-state index in [-0.39, 0.29) is 5.91 Å². The van der Waals surface area contributed by atoms with E-state index >= 15 is 0 Å². The fourth-order valence-corrected chi connectivity index (χ4v) is 4.23. The lowest BCUT2D eigenvalue weighted by atomic mass is 9.56. The van der Waals surface area contributed by atoms with Gasteiger partial charge in [0.05, 0.1) is 5.56 Å². The van der Waals surface area contributed by atoms with Gasteiger partial charge in [0.15, 0.2) is 5.65 Å². The van der Waals surface area contributed by atoms with Crippen LogP contribution in [0.15, 0.2) is 18.3 Å². The predicted octanol–water partition coefficient (Wildman–Crippen LogP) is 1.53. The first kappa shape index (κ1) is 11.7. The van der Waals surface area contributed by atoms with Crippen LogP contribution in [0.4, 0.5) is 0 Å². The Kier molecular flexibility index (Phi) is 2.11. The maximum absolute atomic E-state index is 12.8. The van der Waals surface area contributed by atoms with Gasteiger partial charge in [-0.25, -0.2) is 0 Å². The number of rotatable bonds is 2. The van der Waals surface area contributed by atoms with Crippen molar-refractivity contribution in [1.82, 2.24) is 24.9 Å². The number of pyridine rings is 1. The first-order valence-electron chi connectivity index (χ1n) is 7.76. The van der Waals surface area contributed by atoms with Gasteiger partial charge in [-0.3, -0.25) is 4.79 Å². The maximum Gasteiger partial charge on any atom is 0.255 e. The van der Waals surface area contributed by atoms with Gasteiger partial charge in [0, 0.05) is 24.2 Å². The van der Waals surface area contributed by atoms with Gasteiger partial charge >= 0.3 is 0 Å². The molecule has 0 N–H and O–H groups in total. The molecule has 5 rings (SSSR count). The fraction of sp³-hybridized carbons (Fsp3) is 0.600. The minimum Gasteiger partial charge on any atom is -0.334 e. The van der Waals surface area contributed by atoms with Crippen LogP contribution in [0.5, 0.6) is 0 Å². The van der Waals surface area contributed by atoms with Crippen molar-refractivity contribution in [3.63, 3.8) is 0 Å². The van der Waals surface area contributed by atoms with Gasteiger partial charge in [0.25, 0.3) is 5.91 Å². The number of amides is 1. The lowest BCUT2D eigenvalue weighted by Gasteiger charge is -2.63. The quantitative estimate of drug-likeness (QED) is 0.838. The van der Waals surface area contributed by atoms with Crippen LogP contribution in [-0.4, -0.2) is 43.4 Å². The molecule has 1 aliphatic heterocycles. The fourth-order valence-electron chi connectivity index (χ4n) is 4.23. The molecule has 1 unspecified atom stereocenters. The summed E-state index contributed by atoms with van der Waals surface area (Å²) in [6.45, 7) is 0.945. The summed E-state index contributed by atoms with van der Waals surface area (Å²) in [5.41, 5.74) is 1.83. The van der Waals surface area contributed by atoms with Gasteiger partial charge in [0.2, 0.25) is 0 Å². The zero-order valence-electron chi connectivity index (χ0n) is 11.8. The van der Waals surface area contributed by atoms with Gasteiger partial charge in [-0.15, -0.1) is 5.10 Å². The zero-order chi connectivity index (χ0) is 14.0. The minimum atomic E-state index is 0.141. The van der Waals surface area contributed by atoms with Gasteiger partial charge in [-0.05, 0) is 54.2 Å². The summed E-state index contributed by atoms with van der Waals surface area (Å²) < 4.78 is 1.57. The van der Waals surface area contributed by atoms with Crippen molar-refractivity contribution in [3.05, 3.63) is 23.9 Å². The number of nitrogens with zero attached hydrogens (tertiary/aromatic N) is 5. The molecule has 0 bridgehead atoms. The van der Waals surface area contributed by atoms with Crippen molar-refractivity contribution in [2.75, 3.05) is 6.54 Å². The van der Waals surface area contributed by atoms with Crippen molar-refractivity contribution >= 4 is 11.6 Å². The van der Waals surface area contributed by atoms with Crippen molar-refractivity contribution in [2.24, 2.45) is 11.3 Å². The average molecular weight is 283 g/mol. The van der Waals surface area contributed by atoms with Crippen LogP contribution in [0.1, 0.15) is 42.5 Å². The highest BCUT2D eigenvalue weighted by Crippen LogP contribution is 2.59. The highest BCUT2D eigenvalue weighted by atomic mass is 16.2. The number of likely N-dealkylation sites (tertiary alicyclic amines) is 1. The van der Waals surface area contributed by atoms with Crippen LogP contribution in [0, 0.1) is 11.3 Å². The highest BCUT2D eigenvalue weighted by Gasteiger charge is 2.61. The molecule has 1 saturated heterocycles. The molecule has 6 heteroatoms. The summed E-state index contributed by atoms with van der Waals surface area (Å²) in [5, 5.41) is 11.4. The molecule has 3 heterocycles. The summed E-state index contributed by atoms with van der Waals surface area (Å²) >= 11 is 0. The lowest BCUT2D eigenvalue weighted by Crippen LogP contribution is -2.69. The third-order valence-electron chi connectivity index (χ3n) is 5.57. The molecule has 3 fully saturated rings. The van der Waals surface area contributed by atoms with Crippen molar-refractivity contribution in [1.29, 1.82) is 0 Å². The van der Waals surface area contributed by atoms with E-state index in [1.807, 2.05) is 6.07 Å². The van der Waals surface area contributed by atoms with Crippen LogP contribution >= 0.6 is 0 Å². The second kappa shape index (κ2) is 3.81. The Morgan fingerprint density at radius 2 is 2.14 bits per heavy atom. The molecule has 2 aromatic rings. The van der Waals surface area contributed by atoms with Crippen LogP contribution in [0.2, 0.25) is 0 Å². The van der Waals surface area contributed by atoms with Gasteiger partial charge in [0.1, 0.15) is 0 Å². The van der Waals surface area contributed by atoms with E-state index in [0.29, 0.717) is 22.7 Å². The molecule has 1 amide bonds. The first-order chi connectivity index (χ1) is 10.3. The first-order valence-corrected chi connectivity index (χ1v) is 7.76. The summed E-state index contributed by atoms with van der Waals surface area (Å²) in [5.74, 6) is 0.890. The number of carbonyl (C=O) groups excluding carboxylic acids is 1. The molecule has 21 heavy (non-hydrogen) atoms. The second-order valence-corrected chi connectivity index (χ2v) is 6.83. The van der Waals surface area contributed by atoms with E-state index in [2.05, 4.69) is 20.4 Å². The van der Waals surface area contributed by atoms with E-state index in [1.54, 1.807) is 16.8 Å². The van der Waals surface area contributed by atoms with E-state index in [9.17, 15) is 4.79 Å². The normalized spacial score (nSPS) is 26.7. The van der Waals surface area contributed by atoms with E-state index in [0.717, 1.165) is 12.5 Å². The molecule has 0 radical (unpaired) electrons. The highest BCUT2D eigenvalue weighted by molar-refractivity contribution is 5.95. The summed E-state index contributed by atoms with van der Waals surface area (Å²) in [7, 11) is 0. The summed E-state index contributed by atoms with van der Waals surface area (Å²) in [6.07, 6.45) is 8.29. The van der Waals surface area contributed by atoms with Crippen LogP contribution in [-0.2, 0) is 0 Å². The maximum atomic E-state index is 12.8. The largest absolute Gasteiger partial charge is 0.334 e. The Labute approximate surface area is 122 Å². The minimum absolute atomic E-state index is 0.141. The predicted molar refractivity (Wildman–Crippen MR) is 74.6 cm³/mol. The van der Waals surface area contributed by atoms with Crippen molar-refractivity contribution < 1.29 is 4.79 Å². The number of tetrazole rings is 1. The molecular weight excluding hydrogens is 266 g/mol. The van der Waals surface area contributed by atoms with Crippen LogP contribution < -0.4 is 0 Å². The molecular formula is C15H17N5O. The van der Waals surface area contributed by atoms with Crippen LogP contribution in [0.3, 0.4) is 0 Å². The Morgan fingerprint density at radius 3 is 2.86 bits per heavy atom. The number of hydrogen-bond acceptors (Lipinski definition) is 4. The second-order valence-electron chi connectivity index (χ2n) is 6.83. The third kappa shape index (κ3) is 1.53. The molecule has 6 nitrogen and oxygen atoms in total. The average Bonchev–Trinajstić information content (AvgIpc) is 3.11. The number of carbonyl (C=O) groups is 1. The number of hydrogen-bond donors (Lipinski definition) is 0. The SMILES string of the molecule is O=C(c1ccc2nnnn2c1)N1CC2(CCC2)C1C1CC1. The van der Waals surface area contributed by atoms with Crippen molar-refractivity contribution in [3.8, 4) is 0 Å². The summed E-state index contributed by atoms with van der Waals surface area (Å²) in [4.78, 5) is 14.9. The van der Waals surface area contributed by atoms with Gasteiger partial charge < -0.3 is 4.90 Å². The molecule has 108 valence electrons. The Morgan fingerprint density at radius 1 is 1.29 bits per heavy atom. The van der Waals surface area contributed by atoms with Crippen molar-refractivity contribution in [2.45, 2.75) is 38.1 Å². The van der Waals surface area contributed by atoms with Crippen LogP contribution in [0.25, 0.3) is 5.65 Å². The summed E-state index contributed by atoms with van der Waals surface area (Å²) in [6, 6.07) is 4.13. The molecule has 3 aliphatic rings. The lowest BCUT2D eigenvalue weighted by molar-refractivity contribution is -0.111. The van der Waals surface area contributed by atoms with E-state index in [4.69, 9.17) is 0 Å². The van der Waals surface area contributed by atoms with E-state index < -0.39 is 0 Å². The zero-order valence-corrected chi connectivity index (χ0v) is 11.8. The Balaban J connectivity index is 1.45. The van der Waals surface area contributed by atoms with E-state index in [1.165, 1.54) is 32.1 Å². The third-order valence-corrected chi connectivity index (χ3v) is 5.57. The molecule has 2 aromatic heterocycles. The molecule has 0 aromatic carbocycles. The molecule has 2 saturated carbocycles. The smallest absolute Gasteiger partial charge is 0.255 e. The Hall–Kier alpha value is -1.98. The van der Waals surface area contributed by atoms with Gasteiger partial charge in [-0.2, -0.15) is 4.52 Å². The van der Waals surface area contributed by atoms with Gasteiger partial charge in [-0.1, -0.05) is 6.42 Å².